The summed E-state index contributed by atoms with van der Waals surface area (Å²) in [5.41, 5.74) is 0.772. The summed E-state index contributed by atoms with van der Waals surface area (Å²) in [6.07, 6.45) is 7.99. The number of nitrogens with zero attached hydrogens (tertiary/aromatic N) is 2. The predicted octanol–water partition coefficient (Wildman–Crippen LogP) is 6.13. The highest BCUT2D eigenvalue weighted by Gasteiger charge is 2.51. The fraction of sp³-hybridized carbons (Fsp3) is 0.517. The van der Waals surface area contributed by atoms with Gasteiger partial charge in [-0.25, -0.2) is 22.0 Å². The van der Waals surface area contributed by atoms with Gasteiger partial charge in [-0.2, -0.15) is 0 Å². The molecule has 0 aromatic heterocycles. The second-order valence-corrected chi connectivity index (χ2v) is 12.4. The lowest BCUT2D eigenvalue weighted by Gasteiger charge is -2.56. The molecule has 2 aromatic carbocycles. The number of anilines is 3. The van der Waals surface area contributed by atoms with E-state index in [1.807, 2.05) is 29.2 Å². The van der Waals surface area contributed by atoms with Crippen molar-refractivity contribution in [2.24, 2.45) is 23.2 Å². The van der Waals surface area contributed by atoms with Crippen molar-refractivity contribution in [3.05, 3.63) is 53.4 Å². The van der Waals surface area contributed by atoms with E-state index in [4.69, 9.17) is 12.2 Å². The van der Waals surface area contributed by atoms with Crippen molar-refractivity contribution in [2.75, 3.05) is 41.3 Å². The van der Waals surface area contributed by atoms with Crippen LogP contribution in [0.1, 0.15) is 44.9 Å². The molecule has 4 bridgehead atoms. The number of carbonyl (C=O) groups excluding carboxylic acids is 1. The third kappa shape index (κ3) is 5.12. The van der Waals surface area contributed by atoms with Gasteiger partial charge in [0.05, 0.1) is 0 Å². The topological polar surface area (TPSA) is 47.6 Å². The molecule has 1 saturated heterocycles. The molecule has 1 heterocycles. The summed E-state index contributed by atoms with van der Waals surface area (Å²) >= 11 is 5.39. The second kappa shape index (κ2) is 10.5. The van der Waals surface area contributed by atoms with Gasteiger partial charge in [-0.05, 0) is 98.2 Å². The molecule has 40 heavy (non-hydrogen) atoms. The zero-order chi connectivity index (χ0) is 28.2. The first-order valence-electron chi connectivity index (χ1n) is 13.8. The Morgan fingerprint density at radius 1 is 0.775 bits per heavy atom. The number of hydrogen-bond donors (Lipinski definition) is 2. The van der Waals surface area contributed by atoms with Crippen molar-refractivity contribution in [1.29, 1.82) is 0 Å². The van der Waals surface area contributed by atoms with Crippen molar-refractivity contribution < 1.29 is 26.7 Å². The highest BCUT2D eigenvalue weighted by Crippen LogP contribution is 2.61. The maximum absolute atomic E-state index is 14.2. The quantitative estimate of drug-likeness (QED) is 0.194. The summed E-state index contributed by atoms with van der Waals surface area (Å²) in [5.74, 6) is -7.38. The molecule has 11 heteroatoms. The lowest BCUT2D eigenvalue weighted by molar-refractivity contribution is -0.127. The molecule has 0 atom stereocenters. The number of rotatable bonds is 5. The minimum atomic E-state index is -2.16. The van der Waals surface area contributed by atoms with Crippen molar-refractivity contribution in [3.63, 3.8) is 0 Å². The first-order chi connectivity index (χ1) is 19.1. The van der Waals surface area contributed by atoms with E-state index in [0.717, 1.165) is 42.7 Å². The molecule has 0 radical (unpaired) electrons. The van der Waals surface area contributed by atoms with Crippen LogP contribution in [0.25, 0.3) is 0 Å². The molecule has 214 valence electrons. The van der Waals surface area contributed by atoms with E-state index in [-0.39, 0.29) is 29.5 Å². The Morgan fingerprint density at radius 2 is 1.25 bits per heavy atom. The Labute approximate surface area is 235 Å². The molecule has 7 rings (SSSR count). The summed E-state index contributed by atoms with van der Waals surface area (Å²) in [6, 6.07) is 7.30. The van der Waals surface area contributed by atoms with E-state index < -0.39 is 34.8 Å². The van der Waals surface area contributed by atoms with Gasteiger partial charge in [-0.3, -0.25) is 4.79 Å². The maximum Gasteiger partial charge on any atom is 0.226 e. The lowest BCUT2D eigenvalue weighted by Crippen LogP contribution is -2.48. The van der Waals surface area contributed by atoms with Crippen molar-refractivity contribution in [2.45, 2.75) is 44.9 Å². The van der Waals surface area contributed by atoms with E-state index in [0.29, 0.717) is 25.2 Å². The number of halogens is 5. The Hall–Kier alpha value is -2.95. The van der Waals surface area contributed by atoms with E-state index in [9.17, 15) is 26.7 Å². The third-order valence-corrected chi connectivity index (χ3v) is 9.43. The van der Waals surface area contributed by atoms with E-state index in [2.05, 4.69) is 10.6 Å². The van der Waals surface area contributed by atoms with Crippen LogP contribution in [0.15, 0.2) is 24.3 Å². The molecular weight excluding hydrogens is 547 g/mol. The fourth-order valence-electron chi connectivity index (χ4n) is 8.00. The van der Waals surface area contributed by atoms with Crippen LogP contribution in [0.3, 0.4) is 0 Å². The molecule has 5 fully saturated rings. The average molecular weight is 579 g/mol. The van der Waals surface area contributed by atoms with Gasteiger partial charge in [0.2, 0.25) is 11.7 Å². The molecule has 2 aromatic rings. The van der Waals surface area contributed by atoms with Crippen molar-refractivity contribution >= 4 is 40.3 Å². The molecule has 5 aliphatic rings. The molecule has 0 unspecified atom stereocenters. The summed E-state index contributed by atoms with van der Waals surface area (Å²) in [4.78, 5) is 16.0. The van der Waals surface area contributed by atoms with Crippen LogP contribution in [0.4, 0.5) is 39.0 Å². The van der Waals surface area contributed by atoms with Gasteiger partial charge in [0.1, 0.15) is 5.69 Å². The van der Waals surface area contributed by atoms with Crippen LogP contribution >= 0.6 is 12.2 Å². The van der Waals surface area contributed by atoms with Crippen LogP contribution in [0, 0.1) is 52.3 Å². The predicted molar refractivity (Wildman–Crippen MR) is 147 cm³/mol. The van der Waals surface area contributed by atoms with Gasteiger partial charge in [0.15, 0.2) is 28.4 Å². The third-order valence-electron chi connectivity index (χ3n) is 9.23. The van der Waals surface area contributed by atoms with Gasteiger partial charge in [-0.15, -0.1) is 0 Å². The minimum Gasteiger partial charge on any atom is -0.368 e. The van der Waals surface area contributed by atoms with Gasteiger partial charge in [0.25, 0.3) is 0 Å². The second-order valence-electron chi connectivity index (χ2n) is 12.0. The Balaban J connectivity index is 1.01. The molecule has 4 aliphatic carbocycles. The van der Waals surface area contributed by atoms with E-state index in [1.165, 1.54) is 24.2 Å². The van der Waals surface area contributed by atoms with E-state index in [1.54, 1.807) is 0 Å². The molecule has 1 aliphatic heterocycles. The number of hydrogen-bond acceptors (Lipinski definition) is 4. The lowest BCUT2D eigenvalue weighted by atomic mass is 9.49. The first kappa shape index (κ1) is 27.2. The SMILES string of the molecule is O=C(CC12CC3CC(CC(C3)C1)C2)NC(=S)Nc1ccc(N2CCN(c3c(F)c(F)c(F)c(F)c3F)CC2)cc1. The van der Waals surface area contributed by atoms with Crippen molar-refractivity contribution in [1.82, 2.24) is 5.32 Å². The summed E-state index contributed by atoms with van der Waals surface area (Å²) < 4.78 is 69.1. The highest BCUT2D eigenvalue weighted by molar-refractivity contribution is 7.80. The molecule has 2 N–H and O–H groups in total. The molecule has 5 nitrogen and oxygen atoms in total. The average Bonchev–Trinajstić information content (AvgIpc) is 2.90. The number of carbonyl (C=O) groups is 1. The minimum absolute atomic E-state index is 0.0391. The van der Waals surface area contributed by atoms with E-state index >= 15 is 0 Å². The van der Waals surface area contributed by atoms with Crippen LogP contribution in [-0.4, -0.2) is 37.2 Å². The number of nitrogens with one attached hydrogen (secondary N) is 2. The Kier molecular flexibility index (Phi) is 7.13. The Bertz CT molecular complexity index is 1260. The number of piperazine rings is 1. The van der Waals surface area contributed by atoms with Gasteiger partial charge < -0.3 is 20.4 Å². The normalized spacial score (nSPS) is 27.2. The zero-order valence-corrected chi connectivity index (χ0v) is 22.7. The number of amides is 1. The summed E-state index contributed by atoms with van der Waals surface area (Å²) in [6.45, 7) is 0.812. The number of thiocarbonyl (C=S) groups is 1. The maximum atomic E-state index is 14.2. The molecule has 0 spiro atoms. The smallest absolute Gasteiger partial charge is 0.226 e. The monoisotopic (exact) mass is 578 g/mol. The van der Waals surface area contributed by atoms with Crippen LogP contribution < -0.4 is 20.4 Å². The van der Waals surface area contributed by atoms with Gasteiger partial charge >= 0.3 is 0 Å². The number of benzene rings is 2. The molecular formula is C29H31F5N4OS. The zero-order valence-electron chi connectivity index (χ0n) is 21.9. The standard InChI is InChI=1S/C29H31F5N4OS/c30-22-23(31)25(33)27(26(34)24(22)32)38-7-5-37(6-8-38)20-3-1-19(2-4-20)35-28(40)36-21(39)15-29-12-16-9-17(13-29)11-18(10-16)14-29/h1-4,16-18H,5-15H2,(H2,35,36,39,40). The first-order valence-corrected chi connectivity index (χ1v) is 14.2. The van der Waals surface area contributed by atoms with Crippen molar-refractivity contribution in [3.8, 4) is 0 Å². The Morgan fingerprint density at radius 3 is 1.77 bits per heavy atom. The summed E-state index contributed by atoms with van der Waals surface area (Å²) in [7, 11) is 0. The van der Waals surface area contributed by atoms with Gasteiger partial charge in [-0.1, -0.05) is 0 Å². The van der Waals surface area contributed by atoms with Crippen LogP contribution in [0.5, 0.6) is 0 Å². The van der Waals surface area contributed by atoms with Gasteiger partial charge in [0, 0.05) is 44.0 Å². The fourth-order valence-corrected chi connectivity index (χ4v) is 8.23. The van der Waals surface area contributed by atoms with Crippen LogP contribution in [0.2, 0.25) is 0 Å². The summed E-state index contributed by atoms with van der Waals surface area (Å²) in [5, 5.41) is 6.15. The molecule has 4 saturated carbocycles. The molecule has 1 amide bonds. The van der Waals surface area contributed by atoms with Crippen LogP contribution in [-0.2, 0) is 4.79 Å². The highest BCUT2D eigenvalue weighted by atomic mass is 32.1. The largest absolute Gasteiger partial charge is 0.368 e.